The summed E-state index contributed by atoms with van der Waals surface area (Å²) in [5.74, 6) is -0.681. The number of nitrogens with zero attached hydrogens (tertiary/aromatic N) is 2. The highest BCUT2D eigenvalue weighted by atomic mass is 32.2. The summed E-state index contributed by atoms with van der Waals surface area (Å²) in [4.78, 5) is 52.4. The summed E-state index contributed by atoms with van der Waals surface area (Å²) >= 11 is 1.24. The number of aryl methyl sites for hydroxylation is 1. The second-order valence-corrected chi connectivity index (χ2v) is 9.32. The van der Waals surface area contributed by atoms with Crippen molar-refractivity contribution < 1.29 is 28.5 Å². The second kappa shape index (κ2) is 11.2. The van der Waals surface area contributed by atoms with Crippen LogP contribution in [0.5, 0.6) is 5.75 Å². The first-order valence-electron chi connectivity index (χ1n) is 11.5. The van der Waals surface area contributed by atoms with Gasteiger partial charge in [0.15, 0.2) is 18.3 Å². The van der Waals surface area contributed by atoms with E-state index in [0.29, 0.717) is 23.8 Å². The zero-order valence-corrected chi connectivity index (χ0v) is 20.8. The van der Waals surface area contributed by atoms with E-state index < -0.39 is 35.5 Å². The Hall–Kier alpha value is -3.92. The number of imide groups is 1. The molecule has 0 fully saturated rings. The quantitative estimate of drug-likeness (QED) is 0.506. The van der Waals surface area contributed by atoms with Gasteiger partial charge in [-0.1, -0.05) is 29.8 Å². The van der Waals surface area contributed by atoms with Gasteiger partial charge in [0.25, 0.3) is 11.8 Å². The zero-order chi connectivity index (χ0) is 25.7. The van der Waals surface area contributed by atoms with Gasteiger partial charge < -0.3 is 15.4 Å². The van der Waals surface area contributed by atoms with Crippen LogP contribution in [0.1, 0.15) is 18.1 Å². The molecule has 0 spiro atoms. The first kappa shape index (κ1) is 25.2. The lowest BCUT2D eigenvalue weighted by molar-refractivity contribution is -0.425. The molecule has 186 valence electrons. The van der Waals surface area contributed by atoms with Crippen LogP contribution in [-0.2, 0) is 20.9 Å². The molecule has 2 N–H and O–H groups in total. The Labute approximate surface area is 213 Å². The van der Waals surface area contributed by atoms with Gasteiger partial charge in [-0.05, 0) is 55.2 Å². The normalized spacial score (nSPS) is 16.7. The molecule has 2 heterocycles. The van der Waals surface area contributed by atoms with E-state index in [0.717, 1.165) is 16.0 Å². The molecule has 10 heteroatoms. The number of hydrogen-bond acceptors (Lipinski definition) is 6. The van der Waals surface area contributed by atoms with E-state index in [1.807, 2.05) is 38.1 Å². The fraction of sp³-hybridized carbons (Fsp3) is 0.269. The van der Waals surface area contributed by atoms with Crippen LogP contribution in [0.4, 0.5) is 10.5 Å². The standard InChI is InChI=1S/C26H26N4O5S/c1-3-35-20-10-8-19(9-11-20)28-23(32)16-29-21-12-13-36-24(21)25(33)30(26(29)34)15-22(31)27-14-18-6-4-17(2)5-7-18/h4-13,24H,3,14-16H2,1-2H3,(H-,27,28,31,32)/p+1. The predicted molar refractivity (Wildman–Crippen MR) is 137 cm³/mol. The lowest BCUT2D eigenvalue weighted by Crippen LogP contribution is -2.58. The number of anilines is 1. The summed E-state index contributed by atoms with van der Waals surface area (Å²) in [7, 11) is 0. The maximum atomic E-state index is 13.2. The van der Waals surface area contributed by atoms with E-state index in [2.05, 4.69) is 10.6 Å². The van der Waals surface area contributed by atoms with Gasteiger partial charge in [0.2, 0.25) is 0 Å². The molecular weight excluding hydrogens is 480 g/mol. The number of thioether (sulfide) groups is 1. The summed E-state index contributed by atoms with van der Waals surface area (Å²) < 4.78 is 6.65. The third-order valence-electron chi connectivity index (χ3n) is 5.65. The monoisotopic (exact) mass is 507 g/mol. The van der Waals surface area contributed by atoms with Crippen LogP contribution in [-0.4, -0.2) is 63.9 Å². The van der Waals surface area contributed by atoms with E-state index in [-0.39, 0.29) is 13.1 Å². The molecule has 1 unspecified atom stereocenters. The first-order valence-corrected chi connectivity index (χ1v) is 12.5. The highest BCUT2D eigenvalue weighted by molar-refractivity contribution is 8.04. The Bertz CT molecular complexity index is 1240. The Balaban J connectivity index is 1.42. The van der Waals surface area contributed by atoms with Crippen molar-refractivity contribution in [3.8, 4) is 5.75 Å². The van der Waals surface area contributed by atoms with Crippen LogP contribution < -0.4 is 15.4 Å². The molecule has 5 amide bonds. The Morgan fingerprint density at radius 1 is 1.06 bits per heavy atom. The summed E-state index contributed by atoms with van der Waals surface area (Å²) in [5, 5.41) is 6.54. The van der Waals surface area contributed by atoms with Crippen LogP contribution in [0.25, 0.3) is 0 Å². The molecule has 9 nitrogen and oxygen atoms in total. The number of allylic oxidation sites excluding steroid dienone is 1. The largest absolute Gasteiger partial charge is 0.501 e. The number of urea groups is 1. The molecule has 0 radical (unpaired) electrons. The number of fused-ring (bicyclic) bond motifs is 1. The maximum absolute atomic E-state index is 13.2. The second-order valence-electron chi connectivity index (χ2n) is 8.30. The molecule has 0 saturated carbocycles. The SMILES string of the molecule is CCOc1ccc(NC(=O)C[N+]2=C3C=CSC3C(=O)N(CC(=O)NCc3ccc(C)cc3)C2=O)cc1. The topological polar surface area (TPSA) is 108 Å². The maximum Gasteiger partial charge on any atom is 0.501 e. The fourth-order valence-corrected chi connectivity index (χ4v) is 4.77. The number of nitrogens with one attached hydrogen (secondary N) is 2. The van der Waals surface area contributed by atoms with Gasteiger partial charge in [0, 0.05) is 12.2 Å². The van der Waals surface area contributed by atoms with E-state index in [1.54, 1.807) is 35.7 Å². The van der Waals surface area contributed by atoms with Crippen molar-refractivity contribution in [2.24, 2.45) is 0 Å². The van der Waals surface area contributed by atoms with Crippen LogP contribution >= 0.6 is 11.8 Å². The average Bonchev–Trinajstić information content (AvgIpc) is 3.36. The van der Waals surface area contributed by atoms with Crippen molar-refractivity contribution in [1.29, 1.82) is 0 Å². The lowest BCUT2D eigenvalue weighted by atomic mass is 10.1. The summed E-state index contributed by atoms with van der Waals surface area (Å²) in [5.41, 5.74) is 3.00. The Kier molecular flexibility index (Phi) is 7.84. The van der Waals surface area contributed by atoms with Gasteiger partial charge in [-0.25, -0.2) is 4.79 Å². The summed E-state index contributed by atoms with van der Waals surface area (Å²) in [6.45, 7) is 3.95. The summed E-state index contributed by atoms with van der Waals surface area (Å²) in [6, 6.07) is 13.9. The Morgan fingerprint density at radius 3 is 2.47 bits per heavy atom. The average molecular weight is 508 g/mol. The number of hydrogen-bond donors (Lipinski definition) is 2. The smallest absolute Gasteiger partial charge is 0.494 e. The van der Waals surface area contributed by atoms with Crippen LogP contribution in [0.3, 0.4) is 0 Å². The molecule has 36 heavy (non-hydrogen) atoms. The van der Waals surface area contributed by atoms with Gasteiger partial charge in [0.1, 0.15) is 11.5 Å². The van der Waals surface area contributed by atoms with Crippen molar-refractivity contribution in [3.05, 3.63) is 71.1 Å². The molecule has 0 saturated heterocycles. The van der Waals surface area contributed by atoms with Crippen LogP contribution in [0, 0.1) is 6.92 Å². The number of rotatable bonds is 9. The van der Waals surface area contributed by atoms with Crippen molar-refractivity contribution in [3.63, 3.8) is 0 Å². The molecule has 4 rings (SSSR count). The molecule has 2 aromatic rings. The molecule has 2 aliphatic rings. The van der Waals surface area contributed by atoms with Gasteiger partial charge in [0.05, 0.1) is 6.61 Å². The van der Waals surface area contributed by atoms with Crippen LogP contribution in [0.2, 0.25) is 0 Å². The Morgan fingerprint density at radius 2 is 1.78 bits per heavy atom. The van der Waals surface area contributed by atoms with Crippen molar-refractivity contribution >= 4 is 46.9 Å². The van der Waals surface area contributed by atoms with Crippen LogP contribution in [0.15, 0.2) is 60.0 Å². The number of benzene rings is 2. The van der Waals surface area contributed by atoms with E-state index in [4.69, 9.17) is 4.74 Å². The zero-order valence-electron chi connectivity index (χ0n) is 20.0. The highest BCUT2D eigenvalue weighted by Crippen LogP contribution is 2.27. The minimum absolute atomic E-state index is 0.278. The lowest BCUT2D eigenvalue weighted by Gasteiger charge is -2.23. The molecule has 0 bridgehead atoms. The first-order chi connectivity index (χ1) is 17.4. The number of carbonyl (C=O) groups is 4. The molecule has 0 aromatic heterocycles. The number of carbonyl (C=O) groups excluding carboxylic acids is 4. The third-order valence-corrected chi connectivity index (χ3v) is 6.66. The molecule has 1 atom stereocenters. The van der Waals surface area contributed by atoms with Gasteiger partial charge >= 0.3 is 11.9 Å². The molecule has 2 aliphatic heterocycles. The number of amides is 5. The molecule has 2 aromatic carbocycles. The molecule has 0 aliphatic carbocycles. The third kappa shape index (κ3) is 5.83. The van der Waals surface area contributed by atoms with E-state index in [9.17, 15) is 19.2 Å². The summed E-state index contributed by atoms with van der Waals surface area (Å²) in [6.07, 6.45) is 1.66. The van der Waals surface area contributed by atoms with Crippen molar-refractivity contribution in [1.82, 2.24) is 10.2 Å². The minimum atomic E-state index is -0.703. The van der Waals surface area contributed by atoms with E-state index >= 15 is 0 Å². The fourth-order valence-electron chi connectivity index (χ4n) is 3.81. The van der Waals surface area contributed by atoms with Gasteiger partial charge in [-0.3, -0.25) is 9.59 Å². The molecular formula is C26H27N4O5S+. The van der Waals surface area contributed by atoms with Gasteiger partial charge in [-0.2, -0.15) is 9.37 Å². The predicted octanol–water partition coefficient (Wildman–Crippen LogP) is 2.69. The minimum Gasteiger partial charge on any atom is -0.494 e. The van der Waals surface area contributed by atoms with Crippen molar-refractivity contribution in [2.45, 2.75) is 25.6 Å². The highest BCUT2D eigenvalue weighted by Gasteiger charge is 2.50. The number of ether oxygens (including phenoxy) is 1. The van der Waals surface area contributed by atoms with E-state index in [1.165, 1.54) is 16.3 Å². The van der Waals surface area contributed by atoms with Crippen molar-refractivity contribution in [2.75, 3.05) is 25.0 Å². The van der Waals surface area contributed by atoms with Gasteiger partial charge in [-0.15, -0.1) is 16.7 Å².